The molecule has 3 nitrogen and oxygen atoms in total. The third-order valence-electron chi connectivity index (χ3n) is 2.61. The van der Waals surface area contributed by atoms with Gasteiger partial charge >= 0.3 is 5.97 Å². The zero-order valence-corrected chi connectivity index (χ0v) is 11.5. The van der Waals surface area contributed by atoms with Gasteiger partial charge in [0.1, 0.15) is 6.61 Å². The highest BCUT2D eigenvalue weighted by Crippen LogP contribution is 2.04. The first-order chi connectivity index (χ1) is 8.76. The topological polar surface area (TPSA) is 29.5 Å². The molecule has 0 spiro atoms. The van der Waals surface area contributed by atoms with Crippen LogP contribution in [0.5, 0.6) is 0 Å². The van der Waals surface area contributed by atoms with E-state index in [1.54, 1.807) is 6.92 Å². The van der Waals surface area contributed by atoms with Gasteiger partial charge in [-0.05, 0) is 5.56 Å². The van der Waals surface area contributed by atoms with Gasteiger partial charge < -0.3 is 4.74 Å². The van der Waals surface area contributed by atoms with Gasteiger partial charge in [0.2, 0.25) is 0 Å². The summed E-state index contributed by atoms with van der Waals surface area (Å²) in [5.41, 5.74) is 1.24. The molecule has 1 aromatic rings. The molecule has 0 saturated carbocycles. The fourth-order valence-electron chi connectivity index (χ4n) is 1.62. The zero-order valence-electron chi connectivity index (χ0n) is 10.8. The van der Waals surface area contributed by atoms with Crippen LogP contribution in [0.3, 0.4) is 0 Å². The maximum absolute atomic E-state index is 11.0. The minimum absolute atomic E-state index is 0.152. The summed E-state index contributed by atoms with van der Waals surface area (Å²) in [5.74, 6) is 0.426. The maximum atomic E-state index is 11.0. The molecule has 0 bridgehead atoms. The van der Waals surface area contributed by atoms with Gasteiger partial charge in [-0.2, -0.15) is 0 Å². The molecule has 0 saturated heterocycles. The molecule has 0 unspecified atom stereocenters. The van der Waals surface area contributed by atoms with Crippen molar-refractivity contribution in [1.82, 2.24) is 4.90 Å². The van der Waals surface area contributed by atoms with E-state index in [0.717, 1.165) is 13.1 Å². The fraction of sp³-hybridized carbons (Fsp3) is 0.500. The van der Waals surface area contributed by atoms with Crippen molar-refractivity contribution in [2.45, 2.75) is 19.9 Å². The molecule has 0 aliphatic carbocycles. The fourth-order valence-corrected chi connectivity index (χ4v) is 1.86. The number of ether oxygens (including phenoxy) is 1. The highest BCUT2D eigenvalue weighted by Gasteiger charge is 2.06. The van der Waals surface area contributed by atoms with E-state index in [-0.39, 0.29) is 5.97 Å². The second kappa shape index (κ2) is 8.95. The number of nitrogens with zero attached hydrogens (tertiary/aromatic N) is 1. The van der Waals surface area contributed by atoms with E-state index in [0.29, 0.717) is 25.5 Å². The molecule has 0 atom stereocenters. The minimum Gasteiger partial charge on any atom is -0.464 e. The van der Waals surface area contributed by atoms with Crippen molar-refractivity contribution in [2.75, 3.05) is 25.6 Å². The van der Waals surface area contributed by atoms with E-state index >= 15 is 0 Å². The quantitative estimate of drug-likeness (QED) is 0.537. The molecule has 0 aromatic heterocycles. The van der Waals surface area contributed by atoms with Crippen molar-refractivity contribution in [2.24, 2.45) is 0 Å². The average molecular weight is 270 g/mol. The minimum atomic E-state index is -0.152. The number of rotatable bonds is 8. The van der Waals surface area contributed by atoms with E-state index < -0.39 is 0 Å². The molecule has 0 N–H and O–H groups in total. The molecular formula is C14H20ClNO2. The van der Waals surface area contributed by atoms with Gasteiger partial charge in [0.05, 0.1) is 0 Å². The summed E-state index contributed by atoms with van der Waals surface area (Å²) in [6.45, 7) is 4.56. The van der Waals surface area contributed by atoms with Crippen LogP contribution >= 0.6 is 11.6 Å². The SMILES string of the molecule is CCC(=O)OCCN(CCCl)Cc1ccccc1. The number of esters is 1. The summed E-state index contributed by atoms with van der Waals surface area (Å²) in [5, 5.41) is 0. The highest BCUT2D eigenvalue weighted by atomic mass is 35.5. The van der Waals surface area contributed by atoms with Gasteiger partial charge in [-0.15, -0.1) is 11.6 Å². The van der Waals surface area contributed by atoms with E-state index in [4.69, 9.17) is 16.3 Å². The molecular weight excluding hydrogens is 250 g/mol. The van der Waals surface area contributed by atoms with Crippen molar-refractivity contribution in [1.29, 1.82) is 0 Å². The van der Waals surface area contributed by atoms with Crippen LogP contribution in [0.2, 0.25) is 0 Å². The van der Waals surface area contributed by atoms with Gasteiger partial charge in [0, 0.05) is 31.9 Å². The molecule has 4 heteroatoms. The third-order valence-corrected chi connectivity index (χ3v) is 2.78. The van der Waals surface area contributed by atoms with Gasteiger partial charge in [0.25, 0.3) is 0 Å². The predicted molar refractivity (Wildman–Crippen MR) is 73.7 cm³/mol. The number of carbonyl (C=O) groups excluding carboxylic acids is 1. The van der Waals surface area contributed by atoms with Gasteiger partial charge in [-0.25, -0.2) is 0 Å². The van der Waals surface area contributed by atoms with E-state index in [1.807, 2.05) is 18.2 Å². The van der Waals surface area contributed by atoms with Crippen molar-refractivity contribution in [3.8, 4) is 0 Å². The number of hydrogen-bond acceptors (Lipinski definition) is 3. The first kappa shape index (κ1) is 15.0. The smallest absolute Gasteiger partial charge is 0.305 e. The average Bonchev–Trinajstić information content (AvgIpc) is 2.40. The number of alkyl halides is 1. The lowest BCUT2D eigenvalue weighted by Crippen LogP contribution is -2.29. The normalized spacial score (nSPS) is 10.6. The first-order valence-corrected chi connectivity index (χ1v) is 6.77. The molecule has 0 aliphatic rings. The Balaban J connectivity index is 2.37. The van der Waals surface area contributed by atoms with Crippen LogP contribution in [-0.2, 0) is 16.1 Å². The summed E-state index contributed by atoms with van der Waals surface area (Å²) < 4.78 is 5.08. The Labute approximate surface area is 114 Å². The van der Waals surface area contributed by atoms with Crippen molar-refractivity contribution in [3.05, 3.63) is 35.9 Å². The second-order valence-electron chi connectivity index (χ2n) is 4.02. The second-order valence-corrected chi connectivity index (χ2v) is 4.40. The summed E-state index contributed by atoms with van der Waals surface area (Å²) in [7, 11) is 0. The van der Waals surface area contributed by atoms with Gasteiger partial charge in [-0.3, -0.25) is 9.69 Å². The van der Waals surface area contributed by atoms with E-state index in [1.165, 1.54) is 5.56 Å². The summed E-state index contributed by atoms with van der Waals surface area (Å²) in [6.07, 6.45) is 0.425. The highest BCUT2D eigenvalue weighted by molar-refractivity contribution is 6.18. The maximum Gasteiger partial charge on any atom is 0.305 e. The Morgan fingerprint density at radius 1 is 1.28 bits per heavy atom. The molecule has 0 radical (unpaired) electrons. The van der Waals surface area contributed by atoms with E-state index in [9.17, 15) is 4.79 Å². The lowest BCUT2D eigenvalue weighted by Gasteiger charge is -2.21. The monoisotopic (exact) mass is 269 g/mol. The van der Waals surface area contributed by atoms with E-state index in [2.05, 4.69) is 17.0 Å². The Morgan fingerprint density at radius 2 is 2.00 bits per heavy atom. The molecule has 100 valence electrons. The summed E-state index contributed by atoms with van der Waals surface area (Å²) in [4.78, 5) is 13.2. The number of hydrogen-bond donors (Lipinski definition) is 0. The molecule has 18 heavy (non-hydrogen) atoms. The lowest BCUT2D eigenvalue weighted by atomic mass is 10.2. The Bertz CT molecular complexity index is 343. The van der Waals surface area contributed by atoms with Crippen LogP contribution in [0.1, 0.15) is 18.9 Å². The van der Waals surface area contributed by atoms with Crippen LogP contribution < -0.4 is 0 Å². The number of carbonyl (C=O) groups is 1. The molecule has 0 fully saturated rings. The molecule has 1 rings (SSSR count). The zero-order chi connectivity index (χ0) is 13.2. The van der Waals surface area contributed by atoms with Crippen molar-refractivity contribution < 1.29 is 9.53 Å². The number of halogens is 1. The number of benzene rings is 1. The Kier molecular flexibility index (Phi) is 7.46. The molecule has 0 aliphatic heterocycles. The van der Waals surface area contributed by atoms with Crippen LogP contribution in [0.4, 0.5) is 0 Å². The largest absolute Gasteiger partial charge is 0.464 e. The van der Waals surface area contributed by atoms with Crippen LogP contribution in [0, 0.1) is 0 Å². The first-order valence-electron chi connectivity index (χ1n) is 6.24. The summed E-state index contributed by atoms with van der Waals surface area (Å²) in [6, 6.07) is 10.2. The van der Waals surface area contributed by atoms with Gasteiger partial charge in [-0.1, -0.05) is 37.3 Å². The summed E-state index contributed by atoms with van der Waals surface area (Å²) >= 11 is 5.78. The van der Waals surface area contributed by atoms with Crippen molar-refractivity contribution in [3.63, 3.8) is 0 Å². The van der Waals surface area contributed by atoms with Crippen LogP contribution in [-0.4, -0.2) is 36.4 Å². The molecule has 0 amide bonds. The standard InChI is InChI=1S/C14H20ClNO2/c1-2-14(17)18-11-10-16(9-8-15)12-13-6-4-3-5-7-13/h3-7H,2,8-12H2,1H3. The third kappa shape index (κ3) is 6.03. The van der Waals surface area contributed by atoms with Crippen molar-refractivity contribution >= 4 is 17.6 Å². The predicted octanol–water partition coefficient (Wildman–Crippen LogP) is 2.68. The van der Waals surface area contributed by atoms with Crippen LogP contribution in [0.25, 0.3) is 0 Å². The molecule has 0 heterocycles. The molecule has 1 aromatic carbocycles. The Morgan fingerprint density at radius 3 is 2.61 bits per heavy atom. The Hall–Kier alpha value is -1.06. The van der Waals surface area contributed by atoms with Crippen LogP contribution in [0.15, 0.2) is 30.3 Å². The lowest BCUT2D eigenvalue weighted by molar-refractivity contribution is -0.143. The van der Waals surface area contributed by atoms with Gasteiger partial charge in [0.15, 0.2) is 0 Å².